The van der Waals surface area contributed by atoms with E-state index in [1.807, 2.05) is 0 Å². The molecule has 0 radical (unpaired) electrons. The van der Waals surface area contributed by atoms with E-state index >= 15 is 0 Å². The van der Waals surface area contributed by atoms with Crippen LogP contribution in [-0.4, -0.2) is 67.3 Å². The van der Waals surface area contributed by atoms with E-state index in [1.165, 1.54) is 64.8 Å². The van der Waals surface area contributed by atoms with Gasteiger partial charge >= 0.3 is 0 Å². The highest BCUT2D eigenvalue weighted by molar-refractivity contribution is 4.97. The van der Waals surface area contributed by atoms with Crippen LogP contribution in [0.1, 0.15) is 39.0 Å². The third-order valence-corrected chi connectivity index (χ3v) is 5.63. The highest BCUT2D eigenvalue weighted by atomic mass is 16.5. The Hall–Kier alpha value is -0.160. The van der Waals surface area contributed by atoms with Gasteiger partial charge in [0.15, 0.2) is 0 Å². The lowest BCUT2D eigenvalue weighted by Gasteiger charge is -2.51. The Bertz CT molecular complexity index is 311. The first kappa shape index (κ1) is 14.8. The van der Waals surface area contributed by atoms with Gasteiger partial charge in [-0.2, -0.15) is 0 Å². The Morgan fingerprint density at radius 3 is 2.60 bits per heavy atom. The van der Waals surface area contributed by atoms with Gasteiger partial charge in [0.25, 0.3) is 0 Å². The smallest absolute Gasteiger partial charge is 0.0697 e. The van der Waals surface area contributed by atoms with Gasteiger partial charge in [0.1, 0.15) is 0 Å². The molecule has 0 aromatic carbocycles. The highest BCUT2D eigenvalue weighted by Gasteiger charge is 2.44. The van der Waals surface area contributed by atoms with Crippen LogP contribution in [0.4, 0.5) is 0 Å². The van der Waals surface area contributed by atoms with E-state index in [-0.39, 0.29) is 5.60 Å². The van der Waals surface area contributed by atoms with E-state index < -0.39 is 0 Å². The molecule has 3 rings (SSSR count). The van der Waals surface area contributed by atoms with Gasteiger partial charge < -0.3 is 15.4 Å². The van der Waals surface area contributed by atoms with E-state index in [0.29, 0.717) is 5.92 Å². The summed E-state index contributed by atoms with van der Waals surface area (Å²) in [4.78, 5) is 5.32. The maximum absolute atomic E-state index is 6.06. The Balaban J connectivity index is 1.45. The third-order valence-electron chi connectivity index (χ3n) is 5.63. The lowest BCUT2D eigenvalue weighted by Crippen LogP contribution is -2.56. The van der Waals surface area contributed by atoms with Crippen molar-refractivity contribution in [1.29, 1.82) is 0 Å². The minimum Gasteiger partial charge on any atom is -0.375 e. The number of hydrogen-bond acceptors (Lipinski definition) is 4. The summed E-state index contributed by atoms with van der Waals surface area (Å²) in [5, 5.41) is 0. The summed E-state index contributed by atoms with van der Waals surface area (Å²) in [6.45, 7) is 10.1. The van der Waals surface area contributed by atoms with Crippen LogP contribution in [0.25, 0.3) is 0 Å². The standard InChI is InChI=1S/C16H31N3O/c1-14(12-17)13-18-6-8-19(9-7-18)15-3-10-20-16(11-15)4-2-5-16/h14-15H,2-13,17H2,1H3. The second kappa shape index (κ2) is 6.30. The second-order valence-electron chi connectivity index (χ2n) is 7.21. The number of hydrogen-bond donors (Lipinski definition) is 1. The summed E-state index contributed by atoms with van der Waals surface area (Å²) >= 11 is 0. The molecule has 4 heteroatoms. The van der Waals surface area contributed by atoms with Crippen LogP contribution in [0.2, 0.25) is 0 Å². The first-order chi connectivity index (χ1) is 9.71. The van der Waals surface area contributed by atoms with Gasteiger partial charge in [0.2, 0.25) is 0 Å². The molecule has 0 bridgehead atoms. The summed E-state index contributed by atoms with van der Waals surface area (Å²) < 4.78 is 6.06. The Kier molecular flexibility index (Phi) is 4.65. The summed E-state index contributed by atoms with van der Waals surface area (Å²) in [7, 11) is 0. The van der Waals surface area contributed by atoms with E-state index in [4.69, 9.17) is 10.5 Å². The number of piperazine rings is 1. The maximum atomic E-state index is 6.06. The van der Waals surface area contributed by atoms with Crippen molar-refractivity contribution in [2.45, 2.75) is 50.7 Å². The van der Waals surface area contributed by atoms with Crippen molar-refractivity contribution in [3.05, 3.63) is 0 Å². The predicted molar refractivity (Wildman–Crippen MR) is 81.8 cm³/mol. The zero-order valence-corrected chi connectivity index (χ0v) is 13.0. The fraction of sp³-hybridized carbons (Fsp3) is 1.00. The monoisotopic (exact) mass is 281 g/mol. The van der Waals surface area contributed by atoms with Gasteiger partial charge in [-0.05, 0) is 44.6 Å². The van der Waals surface area contributed by atoms with E-state index in [1.54, 1.807) is 0 Å². The van der Waals surface area contributed by atoms with Gasteiger partial charge in [0, 0.05) is 45.4 Å². The molecular weight excluding hydrogens is 250 g/mol. The van der Waals surface area contributed by atoms with Crippen LogP contribution in [0.3, 0.4) is 0 Å². The average Bonchev–Trinajstić information content (AvgIpc) is 2.46. The molecule has 2 atom stereocenters. The molecule has 2 N–H and O–H groups in total. The van der Waals surface area contributed by atoms with Crippen molar-refractivity contribution < 1.29 is 4.74 Å². The van der Waals surface area contributed by atoms with Crippen LogP contribution in [-0.2, 0) is 4.74 Å². The zero-order chi connectivity index (χ0) is 14.0. The SMILES string of the molecule is CC(CN)CN1CCN(C2CCOC3(CCC3)C2)CC1. The Morgan fingerprint density at radius 2 is 2.00 bits per heavy atom. The first-order valence-corrected chi connectivity index (χ1v) is 8.51. The molecule has 0 aromatic rings. The predicted octanol–water partition coefficient (Wildman–Crippen LogP) is 1.30. The van der Waals surface area contributed by atoms with Gasteiger partial charge in [-0.3, -0.25) is 4.90 Å². The topological polar surface area (TPSA) is 41.7 Å². The van der Waals surface area contributed by atoms with Gasteiger partial charge in [-0.25, -0.2) is 0 Å². The van der Waals surface area contributed by atoms with Crippen molar-refractivity contribution in [3.8, 4) is 0 Å². The normalized spacial score (nSPS) is 33.0. The largest absolute Gasteiger partial charge is 0.375 e. The number of nitrogens with two attached hydrogens (primary N) is 1. The van der Waals surface area contributed by atoms with E-state index in [0.717, 1.165) is 19.2 Å². The van der Waals surface area contributed by atoms with Gasteiger partial charge in [-0.15, -0.1) is 0 Å². The maximum Gasteiger partial charge on any atom is 0.0697 e. The van der Waals surface area contributed by atoms with Crippen molar-refractivity contribution >= 4 is 0 Å². The van der Waals surface area contributed by atoms with Crippen molar-refractivity contribution in [2.75, 3.05) is 45.9 Å². The molecule has 20 heavy (non-hydrogen) atoms. The molecule has 0 amide bonds. The van der Waals surface area contributed by atoms with Gasteiger partial charge in [0.05, 0.1) is 5.60 Å². The van der Waals surface area contributed by atoms with Crippen LogP contribution < -0.4 is 5.73 Å². The first-order valence-electron chi connectivity index (χ1n) is 8.51. The quantitative estimate of drug-likeness (QED) is 0.843. The summed E-state index contributed by atoms with van der Waals surface area (Å²) in [6.07, 6.45) is 6.50. The second-order valence-corrected chi connectivity index (χ2v) is 7.21. The van der Waals surface area contributed by atoms with E-state index in [2.05, 4.69) is 16.7 Å². The van der Waals surface area contributed by atoms with Crippen molar-refractivity contribution in [1.82, 2.24) is 9.80 Å². The minimum atomic E-state index is 0.286. The molecule has 2 saturated heterocycles. The number of ether oxygens (including phenoxy) is 1. The van der Waals surface area contributed by atoms with Crippen molar-refractivity contribution in [2.24, 2.45) is 11.7 Å². The molecule has 1 spiro atoms. The fourth-order valence-electron chi connectivity index (χ4n) is 4.06. The molecule has 4 nitrogen and oxygen atoms in total. The molecule has 2 heterocycles. The van der Waals surface area contributed by atoms with E-state index in [9.17, 15) is 0 Å². The van der Waals surface area contributed by atoms with Gasteiger partial charge in [-0.1, -0.05) is 6.92 Å². The molecule has 3 fully saturated rings. The Labute approximate surface area is 123 Å². The van der Waals surface area contributed by atoms with Crippen LogP contribution in [0, 0.1) is 5.92 Å². The molecule has 116 valence electrons. The minimum absolute atomic E-state index is 0.286. The number of nitrogens with zero attached hydrogens (tertiary/aromatic N) is 2. The molecule has 0 aromatic heterocycles. The lowest BCUT2D eigenvalue weighted by molar-refractivity contribution is -0.150. The third kappa shape index (κ3) is 3.19. The Morgan fingerprint density at radius 1 is 1.25 bits per heavy atom. The molecule has 1 saturated carbocycles. The number of rotatable bonds is 4. The highest BCUT2D eigenvalue weighted by Crippen LogP contribution is 2.43. The molecule has 3 aliphatic rings. The van der Waals surface area contributed by atoms with Crippen LogP contribution in [0.5, 0.6) is 0 Å². The molecular formula is C16H31N3O. The summed E-state index contributed by atoms with van der Waals surface area (Å²) in [5.74, 6) is 0.628. The van der Waals surface area contributed by atoms with Crippen LogP contribution in [0.15, 0.2) is 0 Å². The summed E-state index contributed by atoms with van der Waals surface area (Å²) in [6, 6.07) is 0.776. The fourth-order valence-corrected chi connectivity index (χ4v) is 4.06. The average molecular weight is 281 g/mol. The van der Waals surface area contributed by atoms with Crippen LogP contribution >= 0.6 is 0 Å². The molecule has 2 unspecified atom stereocenters. The molecule has 1 aliphatic carbocycles. The zero-order valence-electron chi connectivity index (χ0n) is 13.0. The lowest BCUT2D eigenvalue weighted by atomic mass is 9.73. The summed E-state index contributed by atoms with van der Waals surface area (Å²) in [5.41, 5.74) is 6.02. The van der Waals surface area contributed by atoms with Crippen molar-refractivity contribution in [3.63, 3.8) is 0 Å². The molecule has 2 aliphatic heterocycles.